The number of carbonyl (C=O) groups is 2. The monoisotopic (exact) mass is 312 g/mol. The van der Waals surface area contributed by atoms with Crippen molar-refractivity contribution in [2.24, 2.45) is 17.8 Å². The Labute approximate surface area is 120 Å². The molecule has 21 heavy (non-hydrogen) atoms. The second kappa shape index (κ2) is 6.97. The van der Waals surface area contributed by atoms with E-state index in [1.54, 1.807) is 0 Å². The van der Waals surface area contributed by atoms with Gasteiger partial charge < -0.3 is 20.1 Å². The van der Waals surface area contributed by atoms with Crippen molar-refractivity contribution in [2.45, 2.75) is 13.1 Å². The van der Waals surface area contributed by atoms with Crippen molar-refractivity contribution in [3.63, 3.8) is 0 Å². The molecule has 1 aliphatic rings. The van der Waals surface area contributed by atoms with Crippen LogP contribution in [0.5, 0.6) is 0 Å². The molecule has 1 heterocycles. The fourth-order valence-corrected chi connectivity index (χ4v) is 2.27. The summed E-state index contributed by atoms with van der Waals surface area (Å²) >= 11 is 0. The number of ether oxygens (including phenoxy) is 1. The fourth-order valence-electron chi connectivity index (χ4n) is 2.27. The molecule has 2 N–H and O–H groups in total. The average molecular weight is 312 g/mol. The SMILES string of the molecule is COCC(C)CNC(=O)N1C[C@@H](C(F)(F)F)[C@H](C(=O)O)C1. The quantitative estimate of drug-likeness (QED) is 0.799. The zero-order chi connectivity index (χ0) is 16.2. The minimum absolute atomic E-state index is 0.00948. The summed E-state index contributed by atoms with van der Waals surface area (Å²) in [6.45, 7) is 1.39. The van der Waals surface area contributed by atoms with E-state index in [0.29, 0.717) is 6.61 Å². The highest BCUT2D eigenvalue weighted by Crippen LogP contribution is 2.37. The number of aliphatic carboxylic acids is 1. The van der Waals surface area contributed by atoms with Crippen LogP contribution in [0.25, 0.3) is 0 Å². The summed E-state index contributed by atoms with van der Waals surface area (Å²) in [6, 6.07) is -0.684. The third kappa shape index (κ3) is 4.76. The van der Waals surface area contributed by atoms with Crippen LogP contribution in [0.2, 0.25) is 0 Å². The van der Waals surface area contributed by atoms with Gasteiger partial charge in [0.1, 0.15) is 0 Å². The number of carboxylic acid groups (broad SMARTS) is 1. The number of urea groups is 1. The Bertz CT molecular complexity index is 389. The number of carboxylic acids is 1. The second-order valence-electron chi connectivity index (χ2n) is 5.24. The van der Waals surface area contributed by atoms with Crippen molar-refractivity contribution in [3.8, 4) is 0 Å². The lowest BCUT2D eigenvalue weighted by Crippen LogP contribution is -2.41. The van der Waals surface area contributed by atoms with Crippen LogP contribution in [-0.2, 0) is 9.53 Å². The van der Waals surface area contributed by atoms with Crippen molar-refractivity contribution >= 4 is 12.0 Å². The van der Waals surface area contributed by atoms with Gasteiger partial charge in [0, 0.05) is 26.7 Å². The summed E-state index contributed by atoms with van der Waals surface area (Å²) in [4.78, 5) is 23.6. The molecule has 1 saturated heterocycles. The number of nitrogens with zero attached hydrogens (tertiary/aromatic N) is 1. The number of hydrogen-bond acceptors (Lipinski definition) is 3. The highest BCUT2D eigenvalue weighted by molar-refractivity contribution is 5.77. The van der Waals surface area contributed by atoms with Crippen molar-refractivity contribution in [3.05, 3.63) is 0 Å². The van der Waals surface area contributed by atoms with Gasteiger partial charge in [-0.15, -0.1) is 0 Å². The Morgan fingerprint density at radius 1 is 1.43 bits per heavy atom. The molecule has 0 spiro atoms. The second-order valence-corrected chi connectivity index (χ2v) is 5.24. The number of nitrogens with one attached hydrogen (secondary N) is 1. The maximum Gasteiger partial charge on any atom is 0.394 e. The normalized spacial score (nSPS) is 24.0. The molecule has 0 saturated carbocycles. The molecular weight excluding hydrogens is 293 g/mol. The Morgan fingerprint density at radius 3 is 2.48 bits per heavy atom. The van der Waals surface area contributed by atoms with Gasteiger partial charge in [-0.2, -0.15) is 13.2 Å². The predicted octanol–water partition coefficient (Wildman–Crippen LogP) is 1.17. The Morgan fingerprint density at radius 2 is 2.05 bits per heavy atom. The Hall–Kier alpha value is -1.51. The van der Waals surface area contributed by atoms with Crippen LogP contribution in [0.1, 0.15) is 6.92 Å². The van der Waals surface area contributed by atoms with Crippen LogP contribution in [0.3, 0.4) is 0 Å². The maximum absolute atomic E-state index is 12.8. The van der Waals surface area contributed by atoms with Gasteiger partial charge in [0.25, 0.3) is 0 Å². The topological polar surface area (TPSA) is 78.9 Å². The van der Waals surface area contributed by atoms with Crippen molar-refractivity contribution in [1.29, 1.82) is 0 Å². The van der Waals surface area contributed by atoms with E-state index in [4.69, 9.17) is 9.84 Å². The lowest BCUT2D eigenvalue weighted by atomic mass is 9.96. The molecule has 0 aliphatic carbocycles. The first kappa shape index (κ1) is 17.5. The third-order valence-corrected chi connectivity index (χ3v) is 3.40. The van der Waals surface area contributed by atoms with Gasteiger partial charge in [0.2, 0.25) is 0 Å². The summed E-state index contributed by atoms with van der Waals surface area (Å²) in [7, 11) is 1.50. The summed E-state index contributed by atoms with van der Waals surface area (Å²) in [5.41, 5.74) is 0. The molecule has 1 rings (SSSR count). The zero-order valence-corrected chi connectivity index (χ0v) is 11.8. The third-order valence-electron chi connectivity index (χ3n) is 3.40. The molecule has 6 nitrogen and oxygen atoms in total. The van der Waals surface area contributed by atoms with Crippen molar-refractivity contribution < 1.29 is 32.6 Å². The van der Waals surface area contributed by atoms with Gasteiger partial charge in [-0.1, -0.05) is 6.92 Å². The molecule has 1 unspecified atom stereocenters. The zero-order valence-electron chi connectivity index (χ0n) is 11.8. The lowest BCUT2D eigenvalue weighted by Gasteiger charge is -2.19. The fraction of sp³-hybridized carbons (Fsp3) is 0.833. The van der Waals surface area contributed by atoms with Crippen LogP contribution < -0.4 is 5.32 Å². The smallest absolute Gasteiger partial charge is 0.394 e. The Balaban J connectivity index is 2.61. The minimum Gasteiger partial charge on any atom is -0.481 e. The summed E-state index contributed by atoms with van der Waals surface area (Å²) in [6.07, 6.45) is -4.64. The Kier molecular flexibility index (Phi) is 5.82. The van der Waals surface area contributed by atoms with E-state index in [1.165, 1.54) is 7.11 Å². The molecule has 9 heteroatoms. The van der Waals surface area contributed by atoms with E-state index in [9.17, 15) is 22.8 Å². The molecule has 1 fully saturated rings. The van der Waals surface area contributed by atoms with Crippen LogP contribution in [-0.4, -0.2) is 61.5 Å². The predicted molar refractivity (Wildman–Crippen MR) is 66.7 cm³/mol. The number of hydrogen-bond donors (Lipinski definition) is 2. The van der Waals surface area contributed by atoms with Gasteiger partial charge in [-0.25, -0.2) is 4.79 Å². The van der Waals surface area contributed by atoms with E-state index >= 15 is 0 Å². The molecule has 3 atom stereocenters. The first-order valence-corrected chi connectivity index (χ1v) is 6.48. The van der Waals surface area contributed by atoms with Crippen LogP contribution in [0.15, 0.2) is 0 Å². The van der Waals surface area contributed by atoms with Gasteiger partial charge in [0.05, 0.1) is 18.4 Å². The summed E-state index contributed by atoms with van der Waals surface area (Å²) in [5, 5.41) is 11.3. The average Bonchev–Trinajstić information content (AvgIpc) is 2.81. The van der Waals surface area contributed by atoms with E-state index < -0.39 is 43.1 Å². The molecule has 0 aromatic carbocycles. The molecule has 122 valence electrons. The molecule has 0 aromatic rings. The standard InChI is InChI=1S/C12H19F3N2O4/c1-7(6-21-2)3-16-11(20)17-4-8(10(18)19)9(5-17)12(13,14)15/h7-9H,3-6H2,1-2H3,(H,16,20)(H,18,19)/t7?,8-,9-/m1/s1. The number of carbonyl (C=O) groups excluding carboxylic acids is 1. The molecule has 0 bridgehead atoms. The van der Waals surface area contributed by atoms with Crippen LogP contribution >= 0.6 is 0 Å². The van der Waals surface area contributed by atoms with Gasteiger partial charge >= 0.3 is 18.2 Å². The highest BCUT2D eigenvalue weighted by Gasteiger charge is 2.53. The largest absolute Gasteiger partial charge is 0.481 e. The van der Waals surface area contributed by atoms with Gasteiger partial charge in [-0.05, 0) is 5.92 Å². The number of alkyl halides is 3. The molecule has 0 radical (unpaired) electrons. The minimum atomic E-state index is -4.64. The van der Waals surface area contributed by atoms with E-state index in [1.807, 2.05) is 6.92 Å². The highest BCUT2D eigenvalue weighted by atomic mass is 19.4. The molecule has 0 aromatic heterocycles. The van der Waals surface area contributed by atoms with E-state index in [0.717, 1.165) is 4.90 Å². The van der Waals surface area contributed by atoms with Crippen LogP contribution in [0, 0.1) is 17.8 Å². The van der Waals surface area contributed by atoms with Crippen LogP contribution in [0.4, 0.5) is 18.0 Å². The molecule has 2 amide bonds. The maximum atomic E-state index is 12.8. The van der Waals surface area contributed by atoms with E-state index in [2.05, 4.69) is 5.32 Å². The van der Waals surface area contributed by atoms with E-state index in [-0.39, 0.29) is 12.5 Å². The summed E-state index contributed by atoms with van der Waals surface area (Å²) in [5.74, 6) is -5.18. The number of rotatable bonds is 5. The van der Waals surface area contributed by atoms with Crippen molar-refractivity contribution in [1.82, 2.24) is 10.2 Å². The lowest BCUT2D eigenvalue weighted by molar-refractivity contribution is -0.187. The van der Waals surface area contributed by atoms with Gasteiger partial charge in [0.15, 0.2) is 0 Å². The van der Waals surface area contributed by atoms with Gasteiger partial charge in [-0.3, -0.25) is 4.79 Å². The first-order valence-electron chi connectivity index (χ1n) is 6.48. The molecule has 1 aliphatic heterocycles. The summed E-state index contributed by atoms with van der Waals surface area (Å²) < 4.78 is 43.2. The van der Waals surface area contributed by atoms with Crippen molar-refractivity contribution in [2.75, 3.05) is 33.4 Å². The number of methoxy groups -OCH3 is 1. The molecular formula is C12H19F3N2O4. The number of amides is 2. The first-order chi connectivity index (χ1) is 9.66. The number of halogens is 3. The number of likely N-dealkylation sites (tertiary alicyclic amines) is 1.